The maximum absolute atomic E-state index is 11.9. The van der Waals surface area contributed by atoms with Crippen LogP contribution in [0.15, 0.2) is 4.52 Å². The Kier molecular flexibility index (Phi) is 5.35. The molecule has 0 aliphatic carbocycles. The smallest absolute Gasteiger partial charge is 0.323 e. The lowest BCUT2D eigenvalue weighted by atomic mass is 10.2. The van der Waals surface area contributed by atoms with E-state index in [-0.39, 0.29) is 13.1 Å². The number of aliphatic carboxylic acids is 1. The number of hydrogen-bond acceptors (Lipinski definition) is 4. The summed E-state index contributed by atoms with van der Waals surface area (Å²) in [4.78, 5) is 23.8. The van der Waals surface area contributed by atoms with Gasteiger partial charge >= 0.3 is 12.0 Å². The van der Waals surface area contributed by atoms with Crippen molar-refractivity contribution < 1.29 is 19.2 Å². The van der Waals surface area contributed by atoms with E-state index in [1.807, 2.05) is 6.92 Å². The second kappa shape index (κ2) is 6.77. The lowest BCUT2D eigenvalue weighted by Gasteiger charge is -2.20. The molecule has 1 heterocycles. The van der Waals surface area contributed by atoms with Crippen LogP contribution in [-0.2, 0) is 11.3 Å². The highest BCUT2D eigenvalue weighted by atomic mass is 16.5. The van der Waals surface area contributed by atoms with Gasteiger partial charge in [-0.1, -0.05) is 12.1 Å². The predicted octanol–water partition coefficient (Wildman–Crippen LogP) is 1.30. The summed E-state index contributed by atoms with van der Waals surface area (Å²) in [7, 11) is 0. The van der Waals surface area contributed by atoms with Gasteiger partial charge in [-0.2, -0.15) is 0 Å². The van der Waals surface area contributed by atoms with E-state index >= 15 is 0 Å². The quantitative estimate of drug-likeness (QED) is 0.811. The average molecular weight is 269 g/mol. The van der Waals surface area contributed by atoms with E-state index in [1.165, 1.54) is 4.90 Å². The first-order chi connectivity index (χ1) is 8.95. The van der Waals surface area contributed by atoms with E-state index in [0.717, 1.165) is 11.3 Å². The van der Waals surface area contributed by atoms with Crippen LogP contribution in [0.1, 0.15) is 30.4 Å². The maximum atomic E-state index is 11.9. The van der Waals surface area contributed by atoms with Gasteiger partial charge in [-0.3, -0.25) is 4.79 Å². The molecule has 2 amide bonds. The number of amides is 2. The van der Waals surface area contributed by atoms with E-state index in [9.17, 15) is 9.59 Å². The Balaban J connectivity index is 2.59. The van der Waals surface area contributed by atoms with Gasteiger partial charge in [0.1, 0.15) is 12.3 Å². The van der Waals surface area contributed by atoms with Crippen molar-refractivity contribution in [2.24, 2.45) is 0 Å². The van der Waals surface area contributed by atoms with Crippen LogP contribution in [0.4, 0.5) is 4.79 Å². The largest absolute Gasteiger partial charge is 0.480 e. The van der Waals surface area contributed by atoms with Crippen LogP contribution in [0.2, 0.25) is 0 Å². The summed E-state index contributed by atoms with van der Waals surface area (Å²) in [6, 6.07) is -0.399. The van der Waals surface area contributed by atoms with Crippen molar-refractivity contribution in [2.45, 2.75) is 33.7 Å². The molecule has 7 nitrogen and oxygen atoms in total. The number of carboxylic acid groups (broad SMARTS) is 1. The fraction of sp³-hybridized carbons (Fsp3) is 0.583. The number of hydrogen-bond donors (Lipinski definition) is 2. The molecule has 0 radical (unpaired) electrons. The Bertz CT molecular complexity index is 436. The van der Waals surface area contributed by atoms with E-state index in [1.54, 1.807) is 13.8 Å². The standard InChI is InChI=1S/C12H19N3O4/c1-4-5-15(7-11(16)17)12(18)13-6-10-8(2)14-19-9(10)3/h4-7H2,1-3H3,(H,13,18)(H,16,17). The Labute approximate surface area is 111 Å². The molecule has 0 atom stereocenters. The summed E-state index contributed by atoms with van der Waals surface area (Å²) in [5.41, 5.74) is 1.54. The molecule has 19 heavy (non-hydrogen) atoms. The van der Waals surface area contributed by atoms with Gasteiger partial charge in [-0.25, -0.2) is 4.79 Å². The highest BCUT2D eigenvalue weighted by molar-refractivity contribution is 5.80. The Morgan fingerprint density at radius 2 is 2.11 bits per heavy atom. The molecule has 1 aromatic heterocycles. The topological polar surface area (TPSA) is 95.7 Å². The molecule has 0 fully saturated rings. The molecule has 0 bridgehead atoms. The molecule has 0 unspecified atom stereocenters. The first kappa shape index (κ1) is 15.0. The zero-order valence-electron chi connectivity index (χ0n) is 11.4. The zero-order chi connectivity index (χ0) is 14.4. The van der Waals surface area contributed by atoms with Gasteiger partial charge in [0.2, 0.25) is 0 Å². The van der Waals surface area contributed by atoms with Gasteiger partial charge in [0.25, 0.3) is 0 Å². The highest BCUT2D eigenvalue weighted by Gasteiger charge is 2.17. The average Bonchev–Trinajstić information content (AvgIpc) is 2.65. The second-order valence-corrected chi connectivity index (χ2v) is 4.28. The Morgan fingerprint density at radius 3 is 2.58 bits per heavy atom. The van der Waals surface area contributed by atoms with Crippen molar-refractivity contribution in [2.75, 3.05) is 13.1 Å². The van der Waals surface area contributed by atoms with Crippen molar-refractivity contribution in [1.82, 2.24) is 15.4 Å². The Hall–Kier alpha value is -2.05. The number of carbonyl (C=O) groups is 2. The molecule has 0 spiro atoms. The van der Waals surface area contributed by atoms with Gasteiger partial charge in [0, 0.05) is 18.7 Å². The first-order valence-electron chi connectivity index (χ1n) is 6.12. The molecule has 1 rings (SSSR count). The molecule has 0 aromatic carbocycles. The number of carbonyl (C=O) groups excluding carboxylic acids is 1. The van der Waals surface area contributed by atoms with Crippen molar-refractivity contribution >= 4 is 12.0 Å². The van der Waals surface area contributed by atoms with Crippen LogP contribution in [0.25, 0.3) is 0 Å². The molecule has 0 aliphatic rings. The summed E-state index contributed by atoms with van der Waals surface area (Å²) in [6.07, 6.45) is 0.700. The maximum Gasteiger partial charge on any atom is 0.323 e. The summed E-state index contributed by atoms with van der Waals surface area (Å²) >= 11 is 0. The van der Waals surface area contributed by atoms with Crippen LogP contribution < -0.4 is 5.32 Å². The van der Waals surface area contributed by atoms with Gasteiger partial charge in [-0.15, -0.1) is 0 Å². The molecule has 0 aliphatic heterocycles. The second-order valence-electron chi connectivity index (χ2n) is 4.28. The third-order valence-electron chi connectivity index (χ3n) is 2.70. The number of nitrogens with one attached hydrogen (secondary N) is 1. The van der Waals surface area contributed by atoms with Crippen molar-refractivity contribution in [1.29, 1.82) is 0 Å². The van der Waals surface area contributed by atoms with E-state index < -0.39 is 12.0 Å². The summed E-state index contributed by atoms with van der Waals surface area (Å²) in [5.74, 6) is -0.376. The normalized spacial score (nSPS) is 10.3. The number of rotatable bonds is 6. The van der Waals surface area contributed by atoms with Crippen LogP contribution in [-0.4, -0.2) is 40.3 Å². The molecule has 7 heteroatoms. The van der Waals surface area contributed by atoms with E-state index in [4.69, 9.17) is 9.63 Å². The molecule has 1 aromatic rings. The SMILES string of the molecule is CCCN(CC(=O)O)C(=O)NCc1c(C)noc1C. The molecular weight excluding hydrogens is 250 g/mol. The molecule has 0 saturated heterocycles. The number of aromatic nitrogens is 1. The van der Waals surface area contributed by atoms with Crippen LogP contribution >= 0.6 is 0 Å². The minimum atomic E-state index is -1.03. The number of aryl methyl sites for hydroxylation is 2. The lowest BCUT2D eigenvalue weighted by molar-refractivity contribution is -0.137. The van der Waals surface area contributed by atoms with Gasteiger partial charge in [0.05, 0.1) is 5.69 Å². The minimum Gasteiger partial charge on any atom is -0.480 e. The predicted molar refractivity (Wildman–Crippen MR) is 67.7 cm³/mol. The molecule has 2 N–H and O–H groups in total. The molecule has 0 saturated carbocycles. The van der Waals surface area contributed by atoms with Crippen molar-refractivity contribution in [3.63, 3.8) is 0 Å². The first-order valence-corrected chi connectivity index (χ1v) is 6.12. The van der Waals surface area contributed by atoms with Crippen molar-refractivity contribution in [3.05, 3.63) is 17.0 Å². The summed E-state index contributed by atoms with van der Waals surface area (Å²) < 4.78 is 4.99. The van der Waals surface area contributed by atoms with Crippen molar-refractivity contribution in [3.8, 4) is 0 Å². The fourth-order valence-electron chi connectivity index (χ4n) is 1.72. The minimum absolute atomic E-state index is 0.278. The van der Waals surface area contributed by atoms with Gasteiger partial charge in [0.15, 0.2) is 0 Å². The summed E-state index contributed by atoms with van der Waals surface area (Å²) in [6.45, 7) is 5.82. The number of urea groups is 1. The Morgan fingerprint density at radius 1 is 1.42 bits per heavy atom. The van der Waals surface area contributed by atoms with Crippen LogP contribution in [0.3, 0.4) is 0 Å². The number of carboxylic acids is 1. The van der Waals surface area contributed by atoms with Crippen LogP contribution in [0.5, 0.6) is 0 Å². The summed E-state index contributed by atoms with van der Waals surface area (Å²) in [5, 5.41) is 15.2. The monoisotopic (exact) mass is 269 g/mol. The fourth-order valence-corrected chi connectivity index (χ4v) is 1.72. The van der Waals surface area contributed by atoms with E-state index in [0.29, 0.717) is 18.7 Å². The lowest BCUT2D eigenvalue weighted by Crippen LogP contribution is -2.42. The highest BCUT2D eigenvalue weighted by Crippen LogP contribution is 2.11. The number of nitrogens with zero attached hydrogens (tertiary/aromatic N) is 2. The zero-order valence-corrected chi connectivity index (χ0v) is 11.4. The van der Waals surface area contributed by atoms with Gasteiger partial charge in [-0.05, 0) is 20.3 Å². The molecular formula is C12H19N3O4. The van der Waals surface area contributed by atoms with E-state index in [2.05, 4.69) is 10.5 Å². The van der Waals surface area contributed by atoms with Crippen LogP contribution in [0, 0.1) is 13.8 Å². The third kappa shape index (κ3) is 4.27. The molecule has 106 valence electrons. The third-order valence-corrected chi connectivity index (χ3v) is 2.70. The van der Waals surface area contributed by atoms with Gasteiger partial charge < -0.3 is 19.8 Å².